The number of aromatic nitrogens is 2. The molecule has 1 heterocycles. The summed E-state index contributed by atoms with van der Waals surface area (Å²) < 4.78 is 1.96. The van der Waals surface area contributed by atoms with Crippen molar-refractivity contribution in [1.82, 2.24) is 9.78 Å². The molecule has 0 fully saturated rings. The van der Waals surface area contributed by atoms with Crippen molar-refractivity contribution in [3.05, 3.63) is 88.2 Å². The van der Waals surface area contributed by atoms with E-state index in [4.69, 9.17) is 0 Å². The maximum absolute atomic E-state index is 12.6. The summed E-state index contributed by atoms with van der Waals surface area (Å²) in [6.45, 7) is 8.15. The lowest BCUT2D eigenvalue weighted by atomic mass is 10.1. The Morgan fingerprint density at radius 2 is 1.79 bits per heavy atom. The number of hydrogen-bond donors (Lipinski definition) is 1. The summed E-state index contributed by atoms with van der Waals surface area (Å²) in [5.74, 6) is -0.292. The number of anilines is 1. The molecule has 0 aliphatic carbocycles. The number of carbonyl (C=O) groups excluding carboxylic acids is 2. The van der Waals surface area contributed by atoms with Gasteiger partial charge in [0.05, 0.1) is 12.2 Å². The Kier molecular flexibility index (Phi) is 6.07. The van der Waals surface area contributed by atoms with E-state index in [1.54, 1.807) is 30.3 Å². The van der Waals surface area contributed by atoms with E-state index in [0.717, 1.165) is 17.0 Å². The maximum Gasteiger partial charge on any atom is 0.221 e. The van der Waals surface area contributed by atoms with E-state index in [2.05, 4.69) is 41.6 Å². The fourth-order valence-electron chi connectivity index (χ4n) is 3.18. The lowest BCUT2D eigenvalue weighted by molar-refractivity contribution is -0.114. The van der Waals surface area contributed by atoms with Gasteiger partial charge in [-0.3, -0.25) is 14.3 Å². The molecule has 0 aliphatic heterocycles. The van der Waals surface area contributed by atoms with E-state index < -0.39 is 0 Å². The molecule has 3 aromatic rings. The molecule has 148 valence electrons. The fraction of sp³-hybridized carbons (Fsp3) is 0.208. The van der Waals surface area contributed by atoms with E-state index in [-0.39, 0.29) is 11.7 Å². The number of hydrogen-bond acceptors (Lipinski definition) is 3. The van der Waals surface area contributed by atoms with Gasteiger partial charge >= 0.3 is 0 Å². The lowest BCUT2D eigenvalue weighted by Crippen LogP contribution is -2.06. The third kappa shape index (κ3) is 5.08. The summed E-state index contributed by atoms with van der Waals surface area (Å²) in [5.41, 5.74) is 6.38. The molecule has 1 amide bonds. The second-order valence-corrected chi connectivity index (χ2v) is 7.19. The Morgan fingerprint density at radius 3 is 2.48 bits per heavy atom. The Bertz CT molecular complexity index is 1080. The van der Waals surface area contributed by atoms with Gasteiger partial charge in [-0.2, -0.15) is 5.10 Å². The molecule has 0 unspecified atom stereocenters. The summed E-state index contributed by atoms with van der Waals surface area (Å²) in [5, 5.41) is 7.33. The van der Waals surface area contributed by atoms with E-state index in [1.807, 2.05) is 24.6 Å². The van der Waals surface area contributed by atoms with Crippen molar-refractivity contribution in [2.24, 2.45) is 0 Å². The van der Waals surface area contributed by atoms with E-state index in [9.17, 15) is 9.59 Å². The fourth-order valence-corrected chi connectivity index (χ4v) is 3.18. The van der Waals surface area contributed by atoms with Crippen molar-refractivity contribution < 1.29 is 9.59 Å². The van der Waals surface area contributed by atoms with Crippen LogP contribution in [0.3, 0.4) is 0 Å². The molecule has 0 aliphatic rings. The molecule has 0 radical (unpaired) electrons. The van der Waals surface area contributed by atoms with Gasteiger partial charge in [0.2, 0.25) is 5.91 Å². The second kappa shape index (κ2) is 8.69. The van der Waals surface area contributed by atoms with E-state index >= 15 is 0 Å². The predicted octanol–water partition coefficient (Wildman–Crippen LogP) is 4.71. The Labute approximate surface area is 171 Å². The minimum Gasteiger partial charge on any atom is -0.326 e. The van der Waals surface area contributed by atoms with Crippen molar-refractivity contribution in [3.8, 4) is 0 Å². The van der Waals surface area contributed by atoms with Gasteiger partial charge in [-0.15, -0.1) is 0 Å². The Balaban J connectivity index is 1.78. The van der Waals surface area contributed by atoms with Crippen LogP contribution in [0, 0.1) is 20.8 Å². The van der Waals surface area contributed by atoms with Gasteiger partial charge in [-0.25, -0.2) is 0 Å². The zero-order chi connectivity index (χ0) is 21.0. The third-order valence-electron chi connectivity index (χ3n) is 4.76. The molecule has 0 saturated carbocycles. The SMILES string of the molecule is CC(=O)Nc1cccc(C(=O)/C=C/c2c(C)nn(Cc3ccc(C)cc3)c2C)c1. The summed E-state index contributed by atoms with van der Waals surface area (Å²) in [4.78, 5) is 23.8. The van der Waals surface area contributed by atoms with Crippen LogP contribution in [-0.4, -0.2) is 21.5 Å². The molecule has 3 rings (SSSR count). The average molecular weight is 387 g/mol. The number of carbonyl (C=O) groups is 2. The largest absolute Gasteiger partial charge is 0.326 e. The smallest absolute Gasteiger partial charge is 0.221 e. The second-order valence-electron chi connectivity index (χ2n) is 7.19. The van der Waals surface area contributed by atoms with Crippen LogP contribution in [0.15, 0.2) is 54.6 Å². The lowest BCUT2D eigenvalue weighted by Gasteiger charge is -2.05. The number of amides is 1. The average Bonchev–Trinajstić information content (AvgIpc) is 2.94. The molecule has 29 heavy (non-hydrogen) atoms. The minimum atomic E-state index is -0.169. The monoisotopic (exact) mass is 387 g/mol. The molecule has 2 aromatic carbocycles. The molecule has 0 atom stereocenters. The van der Waals surface area contributed by atoms with Crippen LogP contribution in [-0.2, 0) is 11.3 Å². The van der Waals surface area contributed by atoms with Crippen molar-refractivity contribution in [2.45, 2.75) is 34.2 Å². The van der Waals surface area contributed by atoms with Crippen molar-refractivity contribution in [3.63, 3.8) is 0 Å². The number of aryl methyl sites for hydroxylation is 2. The molecule has 1 N–H and O–H groups in total. The number of nitrogens with zero attached hydrogens (tertiary/aromatic N) is 2. The van der Waals surface area contributed by atoms with Gasteiger partial charge in [0.1, 0.15) is 0 Å². The first kappa shape index (κ1) is 20.3. The van der Waals surface area contributed by atoms with Gasteiger partial charge in [-0.1, -0.05) is 42.0 Å². The molecule has 0 spiro atoms. The first-order chi connectivity index (χ1) is 13.8. The topological polar surface area (TPSA) is 64.0 Å². The molecular formula is C24H25N3O2. The van der Waals surface area contributed by atoms with Crippen LogP contribution >= 0.6 is 0 Å². The minimum absolute atomic E-state index is 0.123. The Hall–Kier alpha value is -3.47. The summed E-state index contributed by atoms with van der Waals surface area (Å²) in [6, 6.07) is 15.3. The van der Waals surface area contributed by atoms with Crippen LogP contribution in [0.1, 0.15) is 45.4 Å². The number of allylic oxidation sites excluding steroid dienone is 1. The van der Waals surface area contributed by atoms with Crippen molar-refractivity contribution in [2.75, 3.05) is 5.32 Å². The first-order valence-electron chi connectivity index (χ1n) is 9.53. The number of ketones is 1. The number of benzene rings is 2. The quantitative estimate of drug-likeness (QED) is 0.492. The van der Waals surface area contributed by atoms with Crippen LogP contribution in [0.2, 0.25) is 0 Å². The van der Waals surface area contributed by atoms with Crippen LogP contribution in [0.4, 0.5) is 5.69 Å². The third-order valence-corrected chi connectivity index (χ3v) is 4.76. The zero-order valence-corrected chi connectivity index (χ0v) is 17.2. The standard InChI is InChI=1S/C24H25N3O2/c1-16-8-10-20(11-9-16)15-27-18(3)23(17(2)26-27)12-13-24(29)21-6-5-7-22(14-21)25-19(4)28/h5-14H,15H2,1-4H3,(H,25,28)/b13-12+. The van der Waals surface area contributed by atoms with Gasteiger partial charge < -0.3 is 5.32 Å². The van der Waals surface area contributed by atoms with E-state index in [0.29, 0.717) is 17.8 Å². The maximum atomic E-state index is 12.6. The highest BCUT2D eigenvalue weighted by Gasteiger charge is 2.11. The molecule has 5 nitrogen and oxygen atoms in total. The van der Waals surface area contributed by atoms with Crippen molar-refractivity contribution >= 4 is 23.5 Å². The van der Waals surface area contributed by atoms with Gasteiger partial charge in [-0.05, 0) is 50.6 Å². The number of rotatable bonds is 6. The van der Waals surface area contributed by atoms with Crippen LogP contribution in [0.5, 0.6) is 0 Å². The zero-order valence-electron chi connectivity index (χ0n) is 17.2. The van der Waals surface area contributed by atoms with Gasteiger partial charge in [0, 0.05) is 29.4 Å². The highest BCUT2D eigenvalue weighted by Crippen LogP contribution is 2.18. The highest BCUT2D eigenvalue weighted by atomic mass is 16.1. The normalized spacial score (nSPS) is 11.0. The highest BCUT2D eigenvalue weighted by molar-refractivity contribution is 6.07. The van der Waals surface area contributed by atoms with Crippen LogP contribution < -0.4 is 5.32 Å². The van der Waals surface area contributed by atoms with Crippen LogP contribution in [0.25, 0.3) is 6.08 Å². The first-order valence-corrected chi connectivity index (χ1v) is 9.53. The Morgan fingerprint density at radius 1 is 1.07 bits per heavy atom. The molecule has 0 saturated heterocycles. The predicted molar refractivity (Wildman–Crippen MR) is 116 cm³/mol. The van der Waals surface area contributed by atoms with Gasteiger partial charge in [0.15, 0.2) is 5.78 Å². The molecular weight excluding hydrogens is 362 g/mol. The van der Waals surface area contributed by atoms with Gasteiger partial charge in [0.25, 0.3) is 0 Å². The summed E-state index contributed by atoms with van der Waals surface area (Å²) in [7, 11) is 0. The molecule has 1 aromatic heterocycles. The number of nitrogens with one attached hydrogen (secondary N) is 1. The molecule has 0 bridgehead atoms. The van der Waals surface area contributed by atoms with Crippen molar-refractivity contribution in [1.29, 1.82) is 0 Å². The molecule has 5 heteroatoms. The summed E-state index contributed by atoms with van der Waals surface area (Å²) in [6.07, 6.45) is 3.37. The van der Waals surface area contributed by atoms with E-state index in [1.165, 1.54) is 18.1 Å². The summed E-state index contributed by atoms with van der Waals surface area (Å²) >= 11 is 0.